The molecule has 2 rings (SSSR count). The topological polar surface area (TPSA) is 119 Å². The molecule has 0 bridgehead atoms. The highest BCUT2D eigenvalue weighted by Gasteiger charge is 2.17. The average Bonchev–Trinajstić information content (AvgIpc) is 2.55. The molecule has 2 aromatic carbocycles. The highest BCUT2D eigenvalue weighted by Crippen LogP contribution is 2.27. The maximum absolute atomic E-state index is 12.5. The van der Waals surface area contributed by atoms with Gasteiger partial charge in [-0.3, -0.25) is 9.44 Å². The lowest BCUT2D eigenvalue weighted by Gasteiger charge is -2.11. The third-order valence-corrected chi connectivity index (χ3v) is 5.36. The van der Waals surface area contributed by atoms with Crippen LogP contribution in [0.25, 0.3) is 0 Å². The Bertz CT molecular complexity index is 1050. The standard InChI is InChI=1S/C15H15ClN2O6S2/c1-24-15(19)10-4-3-5-12(8-10)26(22,23)17-11-6-7-14(13(16)9-11)18-25(2,20)21/h3-9,17-18H,1-2H3. The number of hydrogen-bond acceptors (Lipinski definition) is 6. The van der Waals surface area contributed by atoms with Crippen molar-refractivity contribution in [3.63, 3.8) is 0 Å². The van der Waals surface area contributed by atoms with E-state index in [-0.39, 0.29) is 26.9 Å². The second-order valence-corrected chi connectivity index (χ2v) is 9.03. The van der Waals surface area contributed by atoms with Crippen molar-refractivity contribution in [2.75, 3.05) is 22.8 Å². The number of rotatable bonds is 6. The number of benzene rings is 2. The molecule has 0 saturated carbocycles. The van der Waals surface area contributed by atoms with Crippen LogP contribution in [0.2, 0.25) is 5.02 Å². The first-order chi connectivity index (χ1) is 12.0. The summed E-state index contributed by atoms with van der Waals surface area (Å²) < 4.78 is 56.5. The molecule has 0 aliphatic heterocycles. The molecule has 8 nitrogen and oxygen atoms in total. The number of methoxy groups -OCH3 is 1. The molecule has 0 aliphatic rings. The summed E-state index contributed by atoms with van der Waals surface area (Å²) in [7, 11) is -6.33. The quantitative estimate of drug-likeness (QED) is 0.695. The van der Waals surface area contributed by atoms with Crippen molar-refractivity contribution in [1.82, 2.24) is 0 Å². The van der Waals surface area contributed by atoms with Crippen LogP contribution in [-0.2, 0) is 24.8 Å². The van der Waals surface area contributed by atoms with Gasteiger partial charge < -0.3 is 4.74 Å². The minimum absolute atomic E-state index is 0.0129. The summed E-state index contributed by atoms with van der Waals surface area (Å²) in [5, 5.41) is 0.0129. The molecule has 2 aromatic rings. The van der Waals surface area contributed by atoms with E-state index >= 15 is 0 Å². The van der Waals surface area contributed by atoms with Crippen LogP contribution in [0.1, 0.15) is 10.4 Å². The van der Waals surface area contributed by atoms with Crippen molar-refractivity contribution in [1.29, 1.82) is 0 Å². The molecular formula is C15H15ClN2O6S2. The van der Waals surface area contributed by atoms with E-state index in [2.05, 4.69) is 14.2 Å². The zero-order valence-corrected chi connectivity index (χ0v) is 16.1. The Hall–Kier alpha value is -2.30. The molecule has 0 aliphatic carbocycles. The molecule has 0 spiro atoms. The third kappa shape index (κ3) is 5.10. The molecule has 0 atom stereocenters. The highest BCUT2D eigenvalue weighted by atomic mass is 35.5. The zero-order valence-electron chi connectivity index (χ0n) is 13.7. The molecule has 0 aromatic heterocycles. The van der Waals surface area contributed by atoms with Crippen LogP contribution in [0, 0.1) is 0 Å². The fourth-order valence-corrected chi connectivity index (χ4v) is 3.94. The van der Waals surface area contributed by atoms with Gasteiger partial charge in [-0.2, -0.15) is 0 Å². The smallest absolute Gasteiger partial charge is 0.337 e. The van der Waals surface area contributed by atoms with Gasteiger partial charge in [-0.15, -0.1) is 0 Å². The molecule has 0 radical (unpaired) electrons. The summed E-state index contributed by atoms with van der Waals surface area (Å²) in [6.45, 7) is 0. The van der Waals surface area contributed by atoms with Crippen molar-refractivity contribution < 1.29 is 26.4 Å². The SMILES string of the molecule is COC(=O)c1cccc(S(=O)(=O)Nc2ccc(NS(C)(=O)=O)c(Cl)c2)c1. The number of anilines is 2. The predicted octanol–water partition coefficient (Wildman–Crippen LogP) is 2.30. The normalized spacial score (nSPS) is 11.7. The molecule has 0 fully saturated rings. The van der Waals surface area contributed by atoms with Crippen LogP contribution in [0.3, 0.4) is 0 Å². The van der Waals surface area contributed by atoms with E-state index in [4.69, 9.17) is 11.6 Å². The molecule has 11 heteroatoms. The fourth-order valence-electron chi connectivity index (χ4n) is 1.98. The first kappa shape index (κ1) is 20.0. The van der Waals surface area contributed by atoms with Gasteiger partial charge in [-0.25, -0.2) is 21.6 Å². The van der Waals surface area contributed by atoms with Crippen molar-refractivity contribution in [2.24, 2.45) is 0 Å². The zero-order chi connectivity index (χ0) is 19.5. The Kier molecular flexibility index (Phi) is 5.79. The number of hydrogen-bond donors (Lipinski definition) is 2. The lowest BCUT2D eigenvalue weighted by Crippen LogP contribution is -2.14. The maximum atomic E-state index is 12.5. The van der Waals surface area contributed by atoms with E-state index in [9.17, 15) is 21.6 Å². The van der Waals surface area contributed by atoms with Gasteiger partial charge in [-0.1, -0.05) is 17.7 Å². The monoisotopic (exact) mass is 418 g/mol. The first-order valence-electron chi connectivity index (χ1n) is 7.00. The summed E-state index contributed by atoms with van der Waals surface area (Å²) in [4.78, 5) is 11.4. The van der Waals surface area contributed by atoms with E-state index in [1.807, 2.05) is 0 Å². The van der Waals surface area contributed by atoms with Gasteiger partial charge in [-0.05, 0) is 36.4 Å². The molecule has 2 N–H and O–H groups in total. The average molecular weight is 419 g/mol. The first-order valence-corrected chi connectivity index (χ1v) is 10.8. The van der Waals surface area contributed by atoms with Gasteiger partial charge in [0.2, 0.25) is 10.0 Å². The van der Waals surface area contributed by atoms with Gasteiger partial charge in [0.05, 0.1) is 40.2 Å². The van der Waals surface area contributed by atoms with Gasteiger partial charge in [0.15, 0.2) is 0 Å². The minimum atomic E-state index is -4.00. The summed E-state index contributed by atoms with van der Waals surface area (Å²) in [6, 6.07) is 9.26. The minimum Gasteiger partial charge on any atom is -0.465 e. The van der Waals surface area contributed by atoms with Gasteiger partial charge in [0.1, 0.15) is 0 Å². The van der Waals surface area contributed by atoms with E-state index in [0.717, 1.165) is 6.26 Å². The lowest BCUT2D eigenvalue weighted by molar-refractivity contribution is 0.0600. The third-order valence-electron chi connectivity index (χ3n) is 3.08. The fraction of sp³-hybridized carbons (Fsp3) is 0.133. The van der Waals surface area contributed by atoms with Gasteiger partial charge in [0, 0.05) is 0 Å². The lowest BCUT2D eigenvalue weighted by atomic mass is 10.2. The Morgan fingerprint density at radius 2 is 1.73 bits per heavy atom. The van der Waals surface area contributed by atoms with Crippen LogP contribution in [0.15, 0.2) is 47.4 Å². The van der Waals surface area contributed by atoms with Gasteiger partial charge >= 0.3 is 5.97 Å². The van der Waals surface area contributed by atoms with Crippen LogP contribution >= 0.6 is 11.6 Å². The van der Waals surface area contributed by atoms with E-state index in [1.54, 1.807) is 0 Å². The Balaban J connectivity index is 2.30. The second-order valence-electron chi connectivity index (χ2n) is 5.19. The van der Waals surface area contributed by atoms with Crippen molar-refractivity contribution in [2.45, 2.75) is 4.90 Å². The summed E-state index contributed by atoms with van der Waals surface area (Å²) in [5.74, 6) is -0.665. The van der Waals surface area contributed by atoms with E-state index in [0.29, 0.717) is 0 Å². The molecule has 0 unspecified atom stereocenters. The number of ether oxygens (including phenoxy) is 1. The Labute approximate surface area is 156 Å². The number of sulfonamides is 2. The van der Waals surface area contributed by atoms with Crippen LogP contribution < -0.4 is 9.44 Å². The predicted molar refractivity (Wildman–Crippen MR) is 98.5 cm³/mol. The van der Waals surface area contributed by atoms with Gasteiger partial charge in [0.25, 0.3) is 10.0 Å². The molecule has 0 saturated heterocycles. The number of carbonyl (C=O) groups excluding carboxylic acids is 1. The summed E-state index contributed by atoms with van der Waals surface area (Å²) in [5.41, 5.74) is 0.323. The number of esters is 1. The molecule has 0 amide bonds. The van der Waals surface area contributed by atoms with Crippen molar-refractivity contribution in [3.05, 3.63) is 53.1 Å². The van der Waals surface area contributed by atoms with E-state index < -0.39 is 26.0 Å². The van der Waals surface area contributed by atoms with Crippen molar-refractivity contribution >= 4 is 49.0 Å². The number of nitrogens with one attached hydrogen (secondary N) is 2. The number of halogens is 1. The highest BCUT2D eigenvalue weighted by molar-refractivity contribution is 7.92. The molecular weight excluding hydrogens is 404 g/mol. The van der Waals surface area contributed by atoms with Crippen molar-refractivity contribution in [3.8, 4) is 0 Å². The van der Waals surface area contributed by atoms with E-state index in [1.165, 1.54) is 49.6 Å². The summed E-state index contributed by atoms with van der Waals surface area (Å²) in [6.07, 6.45) is 0.967. The maximum Gasteiger partial charge on any atom is 0.337 e. The molecule has 0 heterocycles. The Morgan fingerprint density at radius 1 is 1.04 bits per heavy atom. The van der Waals surface area contributed by atoms with Crippen LogP contribution in [0.4, 0.5) is 11.4 Å². The number of carbonyl (C=O) groups is 1. The molecule has 140 valence electrons. The van der Waals surface area contributed by atoms with Crippen LogP contribution in [0.5, 0.6) is 0 Å². The summed E-state index contributed by atoms with van der Waals surface area (Å²) >= 11 is 5.97. The molecule has 26 heavy (non-hydrogen) atoms. The second kappa shape index (κ2) is 7.52. The van der Waals surface area contributed by atoms with Crippen LogP contribution in [-0.4, -0.2) is 36.2 Å². The largest absolute Gasteiger partial charge is 0.465 e. The Morgan fingerprint density at radius 3 is 2.31 bits per heavy atom.